The molecule has 1 heterocycles. The van der Waals surface area contributed by atoms with Gasteiger partial charge in [-0.2, -0.15) is 24.5 Å². The molecule has 2 aromatic rings. The first-order valence-electron chi connectivity index (χ1n) is 4.98. The van der Waals surface area contributed by atoms with Crippen LogP contribution >= 0.6 is 11.3 Å². The Kier molecular flexibility index (Phi) is 3.38. The van der Waals surface area contributed by atoms with E-state index in [2.05, 4.69) is 5.32 Å². The van der Waals surface area contributed by atoms with Gasteiger partial charge in [0.1, 0.15) is 0 Å². The van der Waals surface area contributed by atoms with Crippen LogP contribution in [0.3, 0.4) is 0 Å². The highest BCUT2D eigenvalue weighted by Crippen LogP contribution is 2.30. The van der Waals surface area contributed by atoms with Crippen molar-refractivity contribution < 1.29 is 13.2 Å². The van der Waals surface area contributed by atoms with Gasteiger partial charge in [-0.05, 0) is 40.6 Å². The van der Waals surface area contributed by atoms with Crippen LogP contribution < -0.4 is 5.32 Å². The van der Waals surface area contributed by atoms with Crippen molar-refractivity contribution in [1.29, 1.82) is 0 Å². The van der Waals surface area contributed by atoms with Crippen LogP contribution in [-0.2, 0) is 12.7 Å². The quantitative estimate of drug-likeness (QED) is 0.860. The molecule has 0 amide bonds. The molecule has 0 bridgehead atoms. The summed E-state index contributed by atoms with van der Waals surface area (Å²) in [4.78, 5) is 0. The molecule has 2 rings (SSSR count). The van der Waals surface area contributed by atoms with E-state index in [1.165, 1.54) is 6.07 Å². The standard InChI is InChI=1S/C12H10F3NS/c13-12(14,15)10-2-1-3-11(6-10)16-7-9-4-5-17-8-9/h1-6,8,16H,7H2. The van der Waals surface area contributed by atoms with Gasteiger partial charge in [0.05, 0.1) is 5.56 Å². The largest absolute Gasteiger partial charge is 0.416 e. The Morgan fingerprint density at radius 1 is 1.18 bits per heavy atom. The van der Waals surface area contributed by atoms with Gasteiger partial charge in [-0.3, -0.25) is 0 Å². The minimum absolute atomic E-state index is 0.478. The van der Waals surface area contributed by atoms with E-state index in [4.69, 9.17) is 0 Å². The lowest BCUT2D eigenvalue weighted by atomic mass is 10.2. The molecule has 1 N–H and O–H groups in total. The Morgan fingerprint density at radius 3 is 2.65 bits per heavy atom. The molecular weight excluding hydrogens is 247 g/mol. The van der Waals surface area contributed by atoms with E-state index >= 15 is 0 Å². The van der Waals surface area contributed by atoms with Crippen molar-refractivity contribution in [2.24, 2.45) is 0 Å². The molecule has 0 fully saturated rings. The van der Waals surface area contributed by atoms with E-state index in [-0.39, 0.29) is 0 Å². The number of benzene rings is 1. The normalized spacial score (nSPS) is 11.5. The van der Waals surface area contributed by atoms with Crippen LogP contribution in [0.5, 0.6) is 0 Å². The van der Waals surface area contributed by atoms with Crippen molar-refractivity contribution in [3.05, 3.63) is 52.2 Å². The molecule has 0 aliphatic rings. The van der Waals surface area contributed by atoms with Gasteiger partial charge in [0.2, 0.25) is 0 Å². The van der Waals surface area contributed by atoms with E-state index in [0.717, 1.165) is 17.7 Å². The van der Waals surface area contributed by atoms with Crippen molar-refractivity contribution in [1.82, 2.24) is 0 Å². The van der Waals surface area contributed by atoms with Crippen LogP contribution in [0.4, 0.5) is 18.9 Å². The molecule has 1 aromatic heterocycles. The summed E-state index contributed by atoms with van der Waals surface area (Å²) >= 11 is 1.56. The molecule has 90 valence electrons. The van der Waals surface area contributed by atoms with Gasteiger partial charge in [0, 0.05) is 12.2 Å². The molecule has 5 heteroatoms. The molecule has 1 nitrogen and oxygen atoms in total. The second-order valence-electron chi connectivity index (χ2n) is 3.56. The smallest absolute Gasteiger partial charge is 0.381 e. The third-order valence-electron chi connectivity index (χ3n) is 2.27. The van der Waals surface area contributed by atoms with Crippen LogP contribution in [0.25, 0.3) is 0 Å². The number of alkyl halides is 3. The minimum Gasteiger partial charge on any atom is -0.381 e. The Morgan fingerprint density at radius 2 is 2.00 bits per heavy atom. The summed E-state index contributed by atoms with van der Waals surface area (Å²) in [7, 11) is 0. The fourth-order valence-electron chi connectivity index (χ4n) is 1.40. The van der Waals surface area contributed by atoms with Crippen LogP contribution in [0.15, 0.2) is 41.1 Å². The molecule has 0 aliphatic heterocycles. The number of hydrogen-bond donors (Lipinski definition) is 1. The molecule has 0 radical (unpaired) electrons. The minimum atomic E-state index is -4.29. The number of rotatable bonds is 3. The van der Waals surface area contributed by atoms with Crippen molar-refractivity contribution in [3.63, 3.8) is 0 Å². The molecule has 0 atom stereocenters. The summed E-state index contributed by atoms with van der Waals surface area (Å²) in [6, 6.07) is 7.15. The number of halogens is 3. The fraction of sp³-hybridized carbons (Fsp3) is 0.167. The molecule has 0 saturated carbocycles. The third-order valence-corrected chi connectivity index (χ3v) is 3.00. The highest BCUT2D eigenvalue weighted by atomic mass is 32.1. The summed E-state index contributed by atoms with van der Waals surface area (Å²) < 4.78 is 37.4. The zero-order valence-corrected chi connectivity index (χ0v) is 9.61. The number of hydrogen-bond acceptors (Lipinski definition) is 2. The predicted octanol–water partition coefficient (Wildman–Crippen LogP) is 4.38. The van der Waals surface area contributed by atoms with Crippen LogP contribution in [0, 0.1) is 0 Å². The Bertz CT molecular complexity index is 477. The summed E-state index contributed by atoms with van der Waals surface area (Å²) in [5.74, 6) is 0. The lowest BCUT2D eigenvalue weighted by Gasteiger charge is -2.10. The molecular formula is C12H10F3NS. The maximum Gasteiger partial charge on any atom is 0.416 e. The second kappa shape index (κ2) is 4.79. The van der Waals surface area contributed by atoms with Gasteiger partial charge in [0.25, 0.3) is 0 Å². The first kappa shape index (κ1) is 12.0. The van der Waals surface area contributed by atoms with E-state index < -0.39 is 11.7 Å². The Hall–Kier alpha value is -1.49. The number of thiophene rings is 1. The summed E-state index contributed by atoms with van der Waals surface area (Å²) in [6.07, 6.45) is -4.29. The monoisotopic (exact) mass is 257 g/mol. The average Bonchev–Trinajstić information content (AvgIpc) is 2.78. The first-order valence-corrected chi connectivity index (χ1v) is 5.92. The van der Waals surface area contributed by atoms with Gasteiger partial charge in [0.15, 0.2) is 0 Å². The highest BCUT2D eigenvalue weighted by Gasteiger charge is 2.30. The fourth-order valence-corrected chi connectivity index (χ4v) is 2.07. The van der Waals surface area contributed by atoms with E-state index in [9.17, 15) is 13.2 Å². The van der Waals surface area contributed by atoms with Gasteiger partial charge >= 0.3 is 6.18 Å². The van der Waals surface area contributed by atoms with E-state index in [1.54, 1.807) is 17.4 Å². The summed E-state index contributed by atoms with van der Waals surface area (Å²) in [6.45, 7) is 0.533. The van der Waals surface area contributed by atoms with Crippen LogP contribution in [0.1, 0.15) is 11.1 Å². The van der Waals surface area contributed by atoms with E-state index in [0.29, 0.717) is 12.2 Å². The van der Waals surface area contributed by atoms with Crippen molar-refractivity contribution >= 4 is 17.0 Å². The SMILES string of the molecule is FC(F)(F)c1cccc(NCc2ccsc2)c1. The maximum atomic E-state index is 12.5. The molecule has 0 saturated heterocycles. The topological polar surface area (TPSA) is 12.0 Å². The van der Waals surface area contributed by atoms with Gasteiger partial charge in [-0.15, -0.1) is 0 Å². The molecule has 0 aliphatic carbocycles. The first-order chi connectivity index (χ1) is 8.05. The maximum absolute atomic E-state index is 12.5. The van der Waals surface area contributed by atoms with Crippen molar-refractivity contribution in [3.8, 4) is 0 Å². The predicted molar refractivity (Wildman–Crippen MR) is 63.1 cm³/mol. The zero-order valence-electron chi connectivity index (χ0n) is 8.79. The number of nitrogens with one attached hydrogen (secondary N) is 1. The Balaban J connectivity index is 2.07. The van der Waals surface area contributed by atoms with Crippen LogP contribution in [-0.4, -0.2) is 0 Å². The summed E-state index contributed by atoms with van der Waals surface area (Å²) in [5.41, 5.74) is 0.909. The van der Waals surface area contributed by atoms with Gasteiger partial charge < -0.3 is 5.32 Å². The van der Waals surface area contributed by atoms with Crippen LogP contribution in [0.2, 0.25) is 0 Å². The highest BCUT2D eigenvalue weighted by molar-refractivity contribution is 7.07. The molecule has 1 aromatic carbocycles. The average molecular weight is 257 g/mol. The zero-order chi connectivity index (χ0) is 12.3. The van der Waals surface area contributed by atoms with E-state index in [1.807, 2.05) is 16.8 Å². The molecule has 17 heavy (non-hydrogen) atoms. The third kappa shape index (κ3) is 3.23. The number of anilines is 1. The Labute approximate surface area is 101 Å². The molecule has 0 spiro atoms. The van der Waals surface area contributed by atoms with Gasteiger partial charge in [-0.25, -0.2) is 0 Å². The summed E-state index contributed by atoms with van der Waals surface area (Å²) in [5, 5.41) is 6.86. The molecule has 0 unspecified atom stereocenters. The lowest BCUT2D eigenvalue weighted by Crippen LogP contribution is -2.06. The lowest BCUT2D eigenvalue weighted by molar-refractivity contribution is -0.137. The van der Waals surface area contributed by atoms with Crippen molar-refractivity contribution in [2.75, 3.05) is 5.32 Å². The van der Waals surface area contributed by atoms with Crippen molar-refractivity contribution in [2.45, 2.75) is 12.7 Å². The second-order valence-corrected chi connectivity index (χ2v) is 4.34. The van der Waals surface area contributed by atoms with Gasteiger partial charge in [-0.1, -0.05) is 6.07 Å².